The Labute approximate surface area is 102 Å². The number of alkyl halides is 3. The minimum Gasteiger partial charge on any atom is -0.412 e. The van der Waals surface area contributed by atoms with Gasteiger partial charge in [-0.2, -0.15) is 13.2 Å². The maximum Gasteiger partial charge on any atom is 0.371 e. The van der Waals surface area contributed by atoms with Crippen molar-refractivity contribution in [3.63, 3.8) is 0 Å². The molecule has 18 heavy (non-hydrogen) atoms. The second kappa shape index (κ2) is 6.74. The van der Waals surface area contributed by atoms with Crippen molar-refractivity contribution in [2.45, 2.75) is 12.3 Å². The lowest BCUT2D eigenvalue weighted by Gasteiger charge is -2.21. The molecule has 1 saturated heterocycles. The molecular formula is C10H14BF3O4. The fraction of sp³-hybridized carbons (Fsp3) is 0.400. The molecule has 0 spiro atoms. The predicted octanol–water partition coefficient (Wildman–Crippen LogP) is -0.247. The van der Waals surface area contributed by atoms with Crippen LogP contribution in [0.15, 0.2) is 30.3 Å². The maximum absolute atomic E-state index is 12.9. The third kappa shape index (κ3) is 3.71. The highest BCUT2D eigenvalue weighted by Crippen LogP contribution is 2.24. The summed E-state index contributed by atoms with van der Waals surface area (Å²) in [7, 11) is 0. The zero-order valence-electron chi connectivity index (χ0n) is 9.41. The van der Waals surface area contributed by atoms with E-state index in [2.05, 4.69) is 0 Å². The molecule has 0 atom stereocenters. The van der Waals surface area contributed by atoms with Crippen molar-refractivity contribution < 1.29 is 33.6 Å². The largest absolute Gasteiger partial charge is 0.412 e. The van der Waals surface area contributed by atoms with Gasteiger partial charge in [0.2, 0.25) is 0 Å². The van der Waals surface area contributed by atoms with Crippen molar-refractivity contribution in [1.29, 1.82) is 0 Å². The van der Waals surface area contributed by atoms with Gasteiger partial charge >= 0.3 is 12.8 Å². The molecule has 0 radical (unpaired) electrons. The van der Waals surface area contributed by atoms with Crippen molar-refractivity contribution in [2.75, 3.05) is 13.2 Å². The molecule has 4 nitrogen and oxygen atoms in total. The smallest absolute Gasteiger partial charge is 0.371 e. The summed E-state index contributed by atoms with van der Waals surface area (Å²) in [5.41, 5.74) is 0.168. The van der Waals surface area contributed by atoms with Gasteiger partial charge in [0.1, 0.15) is 6.19 Å². The van der Waals surface area contributed by atoms with Crippen LogP contribution in [0.25, 0.3) is 0 Å². The molecule has 0 bridgehead atoms. The third-order valence-electron chi connectivity index (χ3n) is 2.43. The number of hydrogen-bond donors (Lipinski definition) is 0. The molecular weight excluding hydrogens is 252 g/mol. The van der Waals surface area contributed by atoms with Crippen molar-refractivity contribution in [3.8, 4) is 0 Å². The highest BCUT2D eigenvalue weighted by Gasteiger charge is 2.52. The Balaban J connectivity index is 0.00000144. The normalized spacial score (nSPS) is 15.7. The second-order valence-corrected chi connectivity index (χ2v) is 3.54. The van der Waals surface area contributed by atoms with Crippen LogP contribution >= 0.6 is 0 Å². The van der Waals surface area contributed by atoms with Crippen molar-refractivity contribution in [2.24, 2.45) is 0 Å². The van der Waals surface area contributed by atoms with E-state index in [1.807, 2.05) is 0 Å². The van der Waals surface area contributed by atoms with Gasteiger partial charge in [0.25, 0.3) is 0 Å². The van der Waals surface area contributed by atoms with Crippen molar-refractivity contribution >= 4 is 12.2 Å². The summed E-state index contributed by atoms with van der Waals surface area (Å²) in [6, 6.07) is 7.69. The van der Waals surface area contributed by atoms with Crippen LogP contribution in [-0.2, 0) is 9.47 Å². The molecule has 1 fully saturated rings. The average Bonchev–Trinajstić information content (AvgIpc) is 2.71. The Morgan fingerprint density at radius 1 is 1.00 bits per heavy atom. The van der Waals surface area contributed by atoms with Crippen LogP contribution in [0.2, 0.25) is 0 Å². The molecule has 1 aliphatic rings. The van der Waals surface area contributed by atoms with E-state index in [0.29, 0.717) is 0 Å². The van der Waals surface area contributed by atoms with Gasteiger partial charge in [0, 0.05) is 0 Å². The van der Waals surface area contributed by atoms with E-state index in [4.69, 9.17) is 9.47 Å². The van der Waals surface area contributed by atoms with Crippen LogP contribution in [0.5, 0.6) is 0 Å². The fourth-order valence-corrected chi connectivity index (χ4v) is 1.73. The van der Waals surface area contributed by atoms with Crippen molar-refractivity contribution in [3.05, 3.63) is 30.3 Å². The zero-order valence-corrected chi connectivity index (χ0v) is 9.41. The van der Waals surface area contributed by atoms with Crippen molar-refractivity contribution in [1.82, 2.24) is 0 Å². The molecule has 1 heterocycles. The molecule has 2 rings (SSSR count). The van der Waals surface area contributed by atoms with Crippen LogP contribution in [0.3, 0.4) is 0 Å². The molecule has 1 aromatic rings. The molecule has 1 aliphatic heterocycles. The highest BCUT2D eigenvalue weighted by molar-refractivity contribution is 6.75. The lowest BCUT2D eigenvalue weighted by atomic mass is 9.43. The van der Waals surface area contributed by atoms with Crippen LogP contribution in [0.1, 0.15) is 0 Å². The summed E-state index contributed by atoms with van der Waals surface area (Å²) in [5, 5.41) is 0. The minimum atomic E-state index is -4.36. The molecule has 0 unspecified atom stereocenters. The minimum absolute atomic E-state index is 0. The summed E-state index contributed by atoms with van der Waals surface area (Å²) in [6.45, 7) is -1.29. The summed E-state index contributed by atoms with van der Waals surface area (Å²) < 4.78 is 48.6. The number of ether oxygens (including phenoxy) is 2. The summed E-state index contributed by atoms with van der Waals surface area (Å²) >= 11 is 0. The first-order chi connectivity index (χ1) is 7.59. The standard InChI is InChI=1S/C10H10BF3O2.2H2O/c12-10(13,14)11(9-15-6-7-16-9)8-4-2-1-3-5-8;;/h1-5,9H,6-7H2;2*1H2. The second-order valence-electron chi connectivity index (χ2n) is 3.54. The quantitative estimate of drug-likeness (QED) is 0.692. The van der Waals surface area contributed by atoms with Gasteiger partial charge in [-0.1, -0.05) is 35.8 Å². The number of rotatable bonds is 2. The van der Waals surface area contributed by atoms with Crippen LogP contribution in [-0.4, -0.2) is 43.1 Å². The summed E-state index contributed by atoms with van der Waals surface area (Å²) in [6.07, 6.45) is -5.58. The monoisotopic (exact) mass is 266 g/mol. The topological polar surface area (TPSA) is 81.5 Å². The Morgan fingerprint density at radius 2 is 1.50 bits per heavy atom. The van der Waals surface area contributed by atoms with Gasteiger partial charge in [-0.25, -0.2) is 0 Å². The average molecular weight is 266 g/mol. The lowest BCUT2D eigenvalue weighted by molar-refractivity contribution is -0.0708. The SMILES string of the molecule is FC(F)(F)B(c1ccccc1)C1OCCO1.O.O. The first-order valence-corrected chi connectivity index (χ1v) is 4.94. The van der Waals surface area contributed by atoms with Crippen LogP contribution in [0, 0.1) is 0 Å². The first kappa shape index (κ1) is 16.9. The first-order valence-electron chi connectivity index (χ1n) is 4.94. The summed E-state index contributed by atoms with van der Waals surface area (Å²) in [4.78, 5) is 0. The molecule has 0 aliphatic carbocycles. The molecule has 4 N–H and O–H groups in total. The number of hydrogen-bond acceptors (Lipinski definition) is 2. The maximum atomic E-state index is 12.9. The predicted molar refractivity (Wildman–Crippen MR) is 60.8 cm³/mol. The van der Waals surface area contributed by atoms with E-state index < -0.39 is 19.0 Å². The lowest BCUT2D eigenvalue weighted by Crippen LogP contribution is -2.54. The molecule has 1 aromatic carbocycles. The van der Waals surface area contributed by atoms with E-state index >= 15 is 0 Å². The van der Waals surface area contributed by atoms with Gasteiger partial charge in [-0.05, 0) is 0 Å². The van der Waals surface area contributed by atoms with E-state index in [-0.39, 0.29) is 29.6 Å². The zero-order chi connectivity index (χ0) is 11.6. The van der Waals surface area contributed by atoms with E-state index in [1.165, 1.54) is 12.1 Å². The highest BCUT2D eigenvalue weighted by atomic mass is 19.4. The molecule has 0 amide bonds. The van der Waals surface area contributed by atoms with E-state index in [9.17, 15) is 13.2 Å². The number of halogens is 3. The Bertz CT molecular complexity index is 341. The molecule has 102 valence electrons. The fourth-order valence-electron chi connectivity index (χ4n) is 1.73. The Morgan fingerprint density at radius 3 is 1.94 bits per heavy atom. The molecule has 8 heteroatoms. The molecule has 0 aromatic heterocycles. The van der Waals surface area contributed by atoms with Gasteiger partial charge in [-0.3, -0.25) is 0 Å². The van der Waals surface area contributed by atoms with Gasteiger partial charge in [0.05, 0.1) is 13.2 Å². The van der Waals surface area contributed by atoms with Gasteiger partial charge < -0.3 is 20.4 Å². The Hall–Kier alpha value is -1.09. The van der Waals surface area contributed by atoms with Crippen LogP contribution in [0.4, 0.5) is 13.2 Å². The van der Waals surface area contributed by atoms with Gasteiger partial charge in [0.15, 0.2) is 0 Å². The number of benzene rings is 1. The van der Waals surface area contributed by atoms with Gasteiger partial charge in [-0.15, -0.1) is 0 Å². The Kier molecular flexibility index (Phi) is 6.34. The molecule has 0 saturated carbocycles. The van der Waals surface area contributed by atoms with E-state index in [1.54, 1.807) is 18.2 Å². The summed E-state index contributed by atoms with van der Waals surface area (Å²) in [5.74, 6) is 0. The van der Waals surface area contributed by atoms with E-state index in [0.717, 1.165) is 0 Å². The van der Waals surface area contributed by atoms with Crippen LogP contribution < -0.4 is 5.46 Å². The third-order valence-corrected chi connectivity index (χ3v) is 2.43.